The Morgan fingerprint density at radius 3 is 1.52 bits per heavy atom. The van der Waals surface area contributed by atoms with Gasteiger partial charge in [-0.3, -0.25) is 0 Å². The molecule has 1 aromatic rings. The summed E-state index contributed by atoms with van der Waals surface area (Å²) in [5.41, 5.74) is 3.10. The van der Waals surface area contributed by atoms with Gasteiger partial charge in [-0.25, -0.2) is 0 Å². The lowest BCUT2D eigenvalue weighted by atomic mass is 9.96. The van der Waals surface area contributed by atoms with Crippen molar-refractivity contribution in [1.29, 1.82) is 0 Å². The van der Waals surface area contributed by atoms with Crippen molar-refractivity contribution in [3.63, 3.8) is 0 Å². The van der Waals surface area contributed by atoms with Crippen LogP contribution in [0.1, 0.15) is 128 Å². The molecule has 156 valence electrons. The summed E-state index contributed by atoms with van der Waals surface area (Å²) in [5, 5.41) is 0. The quantitative estimate of drug-likeness (QED) is 0.187. The molecule has 0 atom stereocenters. The Balaban J connectivity index is 2.21. The van der Waals surface area contributed by atoms with Crippen molar-refractivity contribution in [1.82, 2.24) is 0 Å². The summed E-state index contributed by atoms with van der Waals surface area (Å²) in [6, 6.07) is 6.72. The highest BCUT2D eigenvalue weighted by Gasteiger charge is 2.06. The van der Waals surface area contributed by atoms with Gasteiger partial charge in [0, 0.05) is 4.90 Å². The summed E-state index contributed by atoms with van der Waals surface area (Å²) in [5.74, 6) is 0. The van der Waals surface area contributed by atoms with E-state index in [1.54, 1.807) is 5.56 Å². The molecule has 0 spiro atoms. The van der Waals surface area contributed by atoms with Gasteiger partial charge in [0.25, 0.3) is 0 Å². The molecule has 0 fully saturated rings. The fourth-order valence-electron chi connectivity index (χ4n) is 4.03. The van der Waals surface area contributed by atoms with Crippen molar-refractivity contribution in [3.8, 4) is 0 Å². The van der Waals surface area contributed by atoms with E-state index in [-0.39, 0.29) is 0 Å². The van der Waals surface area contributed by atoms with E-state index in [0.29, 0.717) is 0 Å². The third kappa shape index (κ3) is 12.6. The summed E-state index contributed by atoms with van der Waals surface area (Å²) in [6.07, 6.45) is 24.8. The molecule has 0 amide bonds. The van der Waals surface area contributed by atoms with E-state index in [9.17, 15) is 0 Å². The summed E-state index contributed by atoms with van der Waals surface area (Å²) < 4.78 is 0. The summed E-state index contributed by atoms with van der Waals surface area (Å²) >= 11 is 4.76. The van der Waals surface area contributed by atoms with Crippen molar-refractivity contribution in [2.75, 3.05) is 0 Å². The first kappa shape index (κ1) is 24.6. The Labute approximate surface area is 176 Å². The first-order valence-electron chi connectivity index (χ1n) is 12.1. The van der Waals surface area contributed by atoms with Crippen LogP contribution in [-0.2, 0) is 12.8 Å². The molecule has 0 bridgehead atoms. The minimum Gasteiger partial charge on any atom is -0.143 e. The molecule has 0 saturated heterocycles. The Morgan fingerprint density at radius 1 is 0.556 bits per heavy atom. The molecule has 0 aliphatic rings. The van der Waals surface area contributed by atoms with Gasteiger partial charge < -0.3 is 0 Å². The van der Waals surface area contributed by atoms with Crippen LogP contribution in [0.4, 0.5) is 0 Å². The average Bonchev–Trinajstić information content (AvgIpc) is 2.67. The molecule has 0 heterocycles. The fourth-order valence-corrected chi connectivity index (χ4v) is 4.37. The molecule has 1 rings (SSSR count). The topological polar surface area (TPSA) is 0 Å². The van der Waals surface area contributed by atoms with E-state index in [1.807, 2.05) is 0 Å². The summed E-state index contributed by atoms with van der Waals surface area (Å²) in [7, 11) is 0. The van der Waals surface area contributed by atoms with Gasteiger partial charge in [0.2, 0.25) is 0 Å². The van der Waals surface area contributed by atoms with E-state index in [1.165, 1.54) is 126 Å². The van der Waals surface area contributed by atoms with E-state index < -0.39 is 0 Å². The second-order valence-electron chi connectivity index (χ2n) is 8.36. The van der Waals surface area contributed by atoms with E-state index in [4.69, 9.17) is 12.6 Å². The van der Waals surface area contributed by atoms with Crippen molar-refractivity contribution >= 4 is 12.6 Å². The van der Waals surface area contributed by atoms with Crippen molar-refractivity contribution in [2.24, 2.45) is 0 Å². The minimum atomic E-state index is 1.22. The Kier molecular flexibility index (Phi) is 16.1. The van der Waals surface area contributed by atoms with Gasteiger partial charge in [-0.1, -0.05) is 116 Å². The maximum absolute atomic E-state index is 4.76. The van der Waals surface area contributed by atoms with Crippen LogP contribution in [0.2, 0.25) is 0 Å². The highest BCUT2D eigenvalue weighted by molar-refractivity contribution is 7.80. The van der Waals surface area contributed by atoms with Crippen LogP contribution >= 0.6 is 12.6 Å². The van der Waals surface area contributed by atoms with Gasteiger partial charge in [-0.2, -0.15) is 0 Å². The highest BCUT2D eigenvalue weighted by Crippen LogP contribution is 2.23. The average molecular weight is 391 g/mol. The van der Waals surface area contributed by atoms with Crippen LogP contribution in [-0.4, -0.2) is 0 Å². The van der Waals surface area contributed by atoms with Gasteiger partial charge >= 0.3 is 0 Å². The normalized spacial score (nSPS) is 11.2. The number of unbranched alkanes of at least 4 members (excludes halogenated alkanes) is 14. The van der Waals surface area contributed by atoms with E-state index in [2.05, 4.69) is 32.0 Å². The smallest absolute Gasteiger partial charge is 0.00747 e. The van der Waals surface area contributed by atoms with Crippen LogP contribution in [0, 0.1) is 0 Å². The molecule has 0 nitrogen and oxygen atoms in total. The molecule has 0 N–H and O–H groups in total. The second kappa shape index (κ2) is 17.7. The van der Waals surface area contributed by atoms with Crippen LogP contribution in [0.3, 0.4) is 0 Å². The molecule has 1 aromatic carbocycles. The van der Waals surface area contributed by atoms with Gasteiger partial charge in [0.1, 0.15) is 0 Å². The molecule has 0 aliphatic heterocycles. The standard InChI is InChI=1S/C26H46S/c1-3-5-7-9-11-13-15-17-20-24-21-19-23-26(27)25(24)22-18-16-14-12-10-8-6-4-2/h19,21,23,27H,3-18,20,22H2,1-2H3. The lowest BCUT2D eigenvalue weighted by Gasteiger charge is -2.12. The molecule has 0 unspecified atom stereocenters. The van der Waals surface area contributed by atoms with Crippen LogP contribution in [0.5, 0.6) is 0 Å². The number of hydrogen-bond donors (Lipinski definition) is 1. The SMILES string of the molecule is CCCCCCCCCCc1cccc(S)c1CCCCCCCCCC. The zero-order chi connectivity index (χ0) is 19.6. The Morgan fingerprint density at radius 2 is 1.00 bits per heavy atom. The molecule has 0 radical (unpaired) electrons. The second-order valence-corrected chi connectivity index (χ2v) is 8.85. The predicted octanol–water partition coefficient (Wildman–Crippen LogP) is 9.34. The Bertz CT molecular complexity index is 452. The highest BCUT2D eigenvalue weighted by atomic mass is 32.1. The van der Waals surface area contributed by atoms with Crippen molar-refractivity contribution in [2.45, 2.75) is 134 Å². The van der Waals surface area contributed by atoms with Gasteiger partial charge in [0.15, 0.2) is 0 Å². The molecular weight excluding hydrogens is 344 g/mol. The predicted molar refractivity (Wildman–Crippen MR) is 126 cm³/mol. The third-order valence-electron chi connectivity index (χ3n) is 5.83. The summed E-state index contributed by atoms with van der Waals surface area (Å²) in [4.78, 5) is 1.22. The molecule has 27 heavy (non-hydrogen) atoms. The zero-order valence-electron chi connectivity index (χ0n) is 18.4. The monoisotopic (exact) mass is 390 g/mol. The first-order valence-corrected chi connectivity index (χ1v) is 12.5. The molecular formula is C26H46S. The zero-order valence-corrected chi connectivity index (χ0v) is 19.3. The van der Waals surface area contributed by atoms with Gasteiger partial charge in [0.05, 0.1) is 0 Å². The minimum absolute atomic E-state index is 1.22. The lowest BCUT2D eigenvalue weighted by Crippen LogP contribution is -1.97. The van der Waals surface area contributed by atoms with Gasteiger partial charge in [-0.15, -0.1) is 12.6 Å². The van der Waals surface area contributed by atoms with Crippen LogP contribution < -0.4 is 0 Å². The maximum Gasteiger partial charge on any atom is 0.00747 e. The molecule has 0 aromatic heterocycles. The molecule has 0 saturated carbocycles. The van der Waals surface area contributed by atoms with Crippen molar-refractivity contribution < 1.29 is 0 Å². The first-order chi connectivity index (χ1) is 13.3. The fraction of sp³-hybridized carbons (Fsp3) is 0.769. The number of thiol groups is 1. The number of rotatable bonds is 18. The summed E-state index contributed by atoms with van der Waals surface area (Å²) in [6.45, 7) is 4.58. The van der Waals surface area contributed by atoms with Crippen molar-refractivity contribution in [3.05, 3.63) is 29.3 Å². The Hall–Kier alpha value is -0.430. The number of benzene rings is 1. The van der Waals surface area contributed by atoms with Crippen LogP contribution in [0.15, 0.2) is 23.1 Å². The van der Waals surface area contributed by atoms with Crippen LogP contribution in [0.25, 0.3) is 0 Å². The molecule has 0 aliphatic carbocycles. The largest absolute Gasteiger partial charge is 0.143 e. The van der Waals surface area contributed by atoms with E-state index in [0.717, 1.165) is 0 Å². The number of aryl methyl sites for hydroxylation is 1. The number of hydrogen-bond acceptors (Lipinski definition) is 1. The lowest BCUT2D eigenvalue weighted by molar-refractivity contribution is 0.569. The third-order valence-corrected chi connectivity index (χ3v) is 6.25. The maximum atomic E-state index is 4.76. The molecule has 1 heteroatoms. The van der Waals surface area contributed by atoms with E-state index >= 15 is 0 Å². The van der Waals surface area contributed by atoms with Gasteiger partial charge in [-0.05, 0) is 42.9 Å².